The van der Waals surface area contributed by atoms with Gasteiger partial charge in [0.05, 0.1) is 6.54 Å². The summed E-state index contributed by atoms with van der Waals surface area (Å²) in [7, 11) is 0. The van der Waals surface area contributed by atoms with Gasteiger partial charge in [0.1, 0.15) is 6.61 Å². The van der Waals surface area contributed by atoms with E-state index in [-0.39, 0.29) is 6.09 Å². The van der Waals surface area contributed by atoms with Gasteiger partial charge in [0, 0.05) is 12.6 Å². The SMILES string of the molecule is O=C(O)/C=C/c1ccc(CN2CCOC2=O)cc1. The highest BCUT2D eigenvalue weighted by Gasteiger charge is 2.21. The lowest BCUT2D eigenvalue weighted by Gasteiger charge is -2.12. The molecule has 94 valence electrons. The molecule has 0 radical (unpaired) electrons. The molecule has 0 atom stereocenters. The number of aliphatic carboxylic acids is 1. The topological polar surface area (TPSA) is 66.8 Å². The summed E-state index contributed by atoms with van der Waals surface area (Å²) in [6.45, 7) is 1.57. The minimum absolute atomic E-state index is 0.287. The lowest BCUT2D eigenvalue weighted by Crippen LogP contribution is -2.23. The number of benzene rings is 1. The third-order valence-electron chi connectivity index (χ3n) is 2.62. The number of carboxylic acids is 1. The molecule has 1 fully saturated rings. The third-order valence-corrected chi connectivity index (χ3v) is 2.62. The predicted octanol–water partition coefficient (Wildman–Crippen LogP) is 1.74. The van der Waals surface area contributed by atoms with Gasteiger partial charge in [-0.3, -0.25) is 0 Å². The van der Waals surface area contributed by atoms with Crippen LogP contribution in [0.2, 0.25) is 0 Å². The van der Waals surface area contributed by atoms with Gasteiger partial charge in [-0.15, -0.1) is 0 Å². The Balaban J connectivity index is 1.99. The third kappa shape index (κ3) is 3.10. The molecule has 1 heterocycles. The molecule has 1 aliphatic rings. The van der Waals surface area contributed by atoms with Crippen LogP contribution in [0.15, 0.2) is 30.3 Å². The van der Waals surface area contributed by atoms with Crippen LogP contribution in [0.4, 0.5) is 4.79 Å². The van der Waals surface area contributed by atoms with E-state index in [0.29, 0.717) is 19.7 Å². The van der Waals surface area contributed by atoms with Crippen LogP contribution in [-0.4, -0.2) is 35.2 Å². The number of carboxylic acid groups (broad SMARTS) is 1. The van der Waals surface area contributed by atoms with Crippen molar-refractivity contribution >= 4 is 18.1 Å². The number of carbonyl (C=O) groups is 2. The van der Waals surface area contributed by atoms with Crippen molar-refractivity contribution in [3.8, 4) is 0 Å². The average Bonchev–Trinajstić information content (AvgIpc) is 2.74. The van der Waals surface area contributed by atoms with Crippen molar-refractivity contribution in [2.45, 2.75) is 6.54 Å². The summed E-state index contributed by atoms with van der Waals surface area (Å²) in [5, 5.41) is 8.50. The van der Waals surface area contributed by atoms with Gasteiger partial charge < -0.3 is 14.7 Å². The molecule has 1 aliphatic heterocycles. The van der Waals surface area contributed by atoms with Gasteiger partial charge in [0.2, 0.25) is 0 Å². The van der Waals surface area contributed by atoms with Gasteiger partial charge in [-0.25, -0.2) is 9.59 Å². The lowest BCUT2D eigenvalue weighted by molar-refractivity contribution is -0.131. The van der Waals surface area contributed by atoms with Gasteiger partial charge in [-0.05, 0) is 17.2 Å². The van der Waals surface area contributed by atoms with E-state index < -0.39 is 5.97 Å². The molecular formula is C13H13NO4. The van der Waals surface area contributed by atoms with E-state index in [4.69, 9.17) is 9.84 Å². The first-order valence-corrected chi connectivity index (χ1v) is 5.57. The summed E-state index contributed by atoms with van der Waals surface area (Å²) in [5.41, 5.74) is 1.80. The smallest absolute Gasteiger partial charge is 0.410 e. The van der Waals surface area contributed by atoms with Crippen molar-refractivity contribution in [3.63, 3.8) is 0 Å². The second kappa shape index (κ2) is 5.35. The minimum Gasteiger partial charge on any atom is -0.478 e. The maximum atomic E-state index is 11.3. The molecule has 5 heteroatoms. The highest BCUT2D eigenvalue weighted by atomic mass is 16.6. The number of carbonyl (C=O) groups excluding carboxylic acids is 1. The van der Waals surface area contributed by atoms with Gasteiger partial charge >= 0.3 is 12.1 Å². The Bertz CT molecular complexity index is 478. The van der Waals surface area contributed by atoms with Crippen LogP contribution in [0.1, 0.15) is 11.1 Å². The summed E-state index contributed by atoms with van der Waals surface area (Å²) >= 11 is 0. The quantitative estimate of drug-likeness (QED) is 0.823. The Morgan fingerprint density at radius 1 is 1.39 bits per heavy atom. The summed E-state index contributed by atoms with van der Waals surface area (Å²) < 4.78 is 4.84. The number of amides is 1. The minimum atomic E-state index is -0.973. The molecule has 0 bridgehead atoms. The summed E-state index contributed by atoms with van der Waals surface area (Å²) in [6, 6.07) is 7.37. The van der Waals surface area contributed by atoms with Crippen molar-refractivity contribution < 1.29 is 19.4 Å². The highest BCUT2D eigenvalue weighted by molar-refractivity contribution is 5.85. The van der Waals surface area contributed by atoms with Crippen molar-refractivity contribution in [1.29, 1.82) is 0 Å². The normalized spacial score (nSPS) is 15.1. The number of nitrogens with zero attached hydrogens (tertiary/aromatic N) is 1. The number of ether oxygens (including phenoxy) is 1. The fourth-order valence-electron chi connectivity index (χ4n) is 1.69. The summed E-state index contributed by atoms with van der Waals surface area (Å²) in [5.74, 6) is -0.973. The average molecular weight is 247 g/mol. The van der Waals surface area contributed by atoms with Gasteiger partial charge in [-0.1, -0.05) is 24.3 Å². The summed E-state index contributed by atoms with van der Waals surface area (Å²) in [4.78, 5) is 23.2. The van der Waals surface area contributed by atoms with Crippen molar-refractivity contribution in [2.75, 3.05) is 13.2 Å². The van der Waals surface area contributed by atoms with Crippen LogP contribution in [0.3, 0.4) is 0 Å². The molecule has 0 unspecified atom stereocenters. The maximum absolute atomic E-state index is 11.3. The fourth-order valence-corrected chi connectivity index (χ4v) is 1.69. The molecular weight excluding hydrogens is 234 g/mol. The molecule has 1 saturated heterocycles. The number of rotatable bonds is 4. The van der Waals surface area contributed by atoms with Gasteiger partial charge in [-0.2, -0.15) is 0 Å². The molecule has 0 saturated carbocycles. The zero-order valence-electron chi connectivity index (χ0n) is 9.70. The molecule has 5 nitrogen and oxygen atoms in total. The van der Waals surface area contributed by atoms with Crippen molar-refractivity contribution in [1.82, 2.24) is 4.90 Å². The molecule has 1 aromatic carbocycles. The van der Waals surface area contributed by atoms with E-state index in [1.54, 1.807) is 4.90 Å². The molecule has 2 rings (SSSR count). The zero-order valence-corrected chi connectivity index (χ0v) is 9.70. The Morgan fingerprint density at radius 3 is 2.67 bits per heavy atom. The van der Waals surface area contributed by atoms with Crippen LogP contribution in [-0.2, 0) is 16.1 Å². The second-order valence-corrected chi connectivity index (χ2v) is 3.95. The number of cyclic esters (lactones) is 1. The van der Waals surface area contributed by atoms with E-state index in [9.17, 15) is 9.59 Å². The molecule has 1 N–H and O–H groups in total. The van der Waals surface area contributed by atoms with E-state index in [0.717, 1.165) is 17.2 Å². The van der Waals surface area contributed by atoms with Crippen LogP contribution in [0.5, 0.6) is 0 Å². The molecule has 0 aromatic heterocycles. The van der Waals surface area contributed by atoms with Crippen LogP contribution in [0, 0.1) is 0 Å². The first-order chi connectivity index (χ1) is 8.65. The van der Waals surface area contributed by atoms with Crippen LogP contribution >= 0.6 is 0 Å². The Kier molecular flexibility index (Phi) is 3.62. The standard InChI is InChI=1S/C13H13NO4/c15-12(16)6-5-10-1-3-11(4-2-10)9-14-7-8-18-13(14)17/h1-6H,7-9H2,(H,15,16)/b6-5+. The lowest BCUT2D eigenvalue weighted by atomic mass is 10.1. The van der Waals surface area contributed by atoms with E-state index in [1.807, 2.05) is 24.3 Å². The zero-order chi connectivity index (χ0) is 13.0. The molecule has 18 heavy (non-hydrogen) atoms. The fraction of sp³-hybridized carbons (Fsp3) is 0.231. The van der Waals surface area contributed by atoms with Gasteiger partial charge in [0.25, 0.3) is 0 Å². The maximum Gasteiger partial charge on any atom is 0.410 e. The van der Waals surface area contributed by atoms with Crippen LogP contribution in [0.25, 0.3) is 6.08 Å². The Labute approximate surface area is 104 Å². The van der Waals surface area contributed by atoms with E-state index in [2.05, 4.69) is 0 Å². The number of hydrogen-bond donors (Lipinski definition) is 1. The first-order valence-electron chi connectivity index (χ1n) is 5.57. The van der Waals surface area contributed by atoms with Crippen molar-refractivity contribution in [3.05, 3.63) is 41.5 Å². The van der Waals surface area contributed by atoms with E-state index in [1.165, 1.54) is 6.08 Å². The van der Waals surface area contributed by atoms with Crippen LogP contribution < -0.4 is 0 Å². The highest BCUT2D eigenvalue weighted by Crippen LogP contribution is 2.12. The van der Waals surface area contributed by atoms with E-state index >= 15 is 0 Å². The molecule has 1 amide bonds. The van der Waals surface area contributed by atoms with Crippen molar-refractivity contribution in [2.24, 2.45) is 0 Å². The predicted molar refractivity (Wildman–Crippen MR) is 64.9 cm³/mol. The second-order valence-electron chi connectivity index (χ2n) is 3.95. The molecule has 0 aliphatic carbocycles. The molecule has 0 spiro atoms. The monoisotopic (exact) mass is 247 g/mol. The Morgan fingerprint density at radius 2 is 2.11 bits per heavy atom. The molecule has 1 aromatic rings. The largest absolute Gasteiger partial charge is 0.478 e. The van der Waals surface area contributed by atoms with Gasteiger partial charge in [0.15, 0.2) is 0 Å². The summed E-state index contributed by atoms with van der Waals surface area (Å²) in [6.07, 6.45) is 2.33. The number of hydrogen-bond acceptors (Lipinski definition) is 3. The Hall–Kier alpha value is -2.30. The first kappa shape index (κ1) is 12.2.